The SMILES string of the molecule is CCC(C)(C)C(=O)NC(C)(CC)C(=O)O. The molecule has 15 heavy (non-hydrogen) atoms. The standard InChI is InChI=1S/C11H21NO3/c1-6-10(3,4)8(13)12-11(5,7-2)9(14)15/h6-7H2,1-5H3,(H,12,13)(H,14,15). The molecule has 0 bridgehead atoms. The quantitative estimate of drug-likeness (QED) is 0.734. The maximum absolute atomic E-state index is 11.8. The first-order valence-corrected chi connectivity index (χ1v) is 5.25. The largest absolute Gasteiger partial charge is 0.480 e. The highest BCUT2D eigenvalue weighted by atomic mass is 16.4. The summed E-state index contributed by atoms with van der Waals surface area (Å²) < 4.78 is 0. The lowest BCUT2D eigenvalue weighted by molar-refractivity contribution is -0.148. The minimum Gasteiger partial charge on any atom is -0.480 e. The van der Waals surface area contributed by atoms with Gasteiger partial charge in [0.1, 0.15) is 5.54 Å². The van der Waals surface area contributed by atoms with E-state index in [1.54, 1.807) is 20.8 Å². The maximum Gasteiger partial charge on any atom is 0.329 e. The van der Waals surface area contributed by atoms with Crippen molar-refractivity contribution in [2.75, 3.05) is 0 Å². The molecular formula is C11H21NO3. The average Bonchev–Trinajstić information content (AvgIpc) is 2.17. The Hall–Kier alpha value is -1.06. The van der Waals surface area contributed by atoms with Crippen LogP contribution in [-0.4, -0.2) is 22.5 Å². The van der Waals surface area contributed by atoms with Gasteiger partial charge >= 0.3 is 5.97 Å². The van der Waals surface area contributed by atoms with Gasteiger partial charge in [-0.05, 0) is 19.8 Å². The monoisotopic (exact) mass is 215 g/mol. The van der Waals surface area contributed by atoms with Gasteiger partial charge in [-0.15, -0.1) is 0 Å². The Morgan fingerprint density at radius 1 is 1.13 bits per heavy atom. The molecule has 0 aliphatic heterocycles. The number of carbonyl (C=O) groups excluding carboxylic acids is 1. The number of hydrogen-bond acceptors (Lipinski definition) is 2. The summed E-state index contributed by atoms with van der Waals surface area (Å²) in [7, 11) is 0. The molecule has 0 saturated carbocycles. The van der Waals surface area contributed by atoms with E-state index >= 15 is 0 Å². The van der Waals surface area contributed by atoms with Crippen LogP contribution < -0.4 is 5.32 Å². The molecule has 0 aliphatic carbocycles. The second-order valence-electron chi connectivity index (χ2n) is 4.68. The Morgan fingerprint density at radius 3 is 1.87 bits per heavy atom. The summed E-state index contributed by atoms with van der Waals surface area (Å²) in [6, 6.07) is 0. The van der Waals surface area contributed by atoms with Crippen molar-refractivity contribution in [3.8, 4) is 0 Å². The molecule has 0 aliphatic rings. The molecule has 0 fully saturated rings. The van der Waals surface area contributed by atoms with E-state index < -0.39 is 16.9 Å². The van der Waals surface area contributed by atoms with Gasteiger partial charge in [-0.25, -0.2) is 4.79 Å². The minimum absolute atomic E-state index is 0.211. The van der Waals surface area contributed by atoms with Crippen LogP contribution in [0.1, 0.15) is 47.5 Å². The number of hydrogen-bond donors (Lipinski definition) is 2. The fourth-order valence-corrected chi connectivity index (χ4v) is 0.873. The van der Waals surface area contributed by atoms with E-state index in [1.165, 1.54) is 6.92 Å². The second-order valence-corrected chi connectivity index (χ2v) is 4.68. The molecule has 1 atom stereocenters. The van der Waals surface area contributed by atoms with Crippen LogP contribution in [0.4, 0.5) is 0 Å². The van der Waals surface area contributed by atoms with Gasteiger partial charge in [-0.1, -0.05) is 27.7 Å². The zero-order valence-electron chi connectivity index (χ0n) is 10.2. The first-order chi connectivity index (χ1) is 6.69. The lowest BCUT2D eigenvalue weighted by Crippen LogP contribution is -2.55. The predicted molar refractivity (Wildman–Crippen MR) is 58.5 cm³/mol. The van der Waals surface area contributed by atoms with Gasteiger partial charge in [-0.3, -0.25) is 4.79 Å². The third kappa shape index (κ3) is 3.22. The first kappa shape index (κ1) is 13.9. The smallest absolute Gasteiger partial charge is 0.329 e. The second kappa shape index (κ2) is 4.64. The van der Waals surface area contributed by atoms with Crippen LogP contribution >= 0.6 is 0 Å². The van der Waals surface area contributed by atoms with E-state index in [-0.39, 0.29) is 5.91 Å². The van der Waals surface area contributed by atoms with Gasteiger partial charge in [0.2, 0.25) is 5.91 Å². The Balaban J connectivity index is 4.72. The van der Waals surface area contributed by atoms with Crippen LogP contribution in [0.2, 0.25) is 0 Å². The molecule has 0 aromatic carbocycles. The fraction of sp³-hybridized carbons (Fsp3) is 0.818. The van der Waals surface area contributed by atoms with Gasteiger partial charge in [-0.2, -0.15) is 0 Å². The highest BCUT2D eigenvalue weighted by Crippen LogP contribution is 2.22. The number of nitrogens with one attached hydrogen (secondary N) is 1. The average molecular weight is 215 g/mol. The van der Waals surface area contributed by atoms with E-state index in [2.05, 4.69) is 5.32 Å². The topological polar surface area (TPSA) is 66.4 Å². The molecule has 0 heterocycles. The summed E-state index contributed by atoms with van der Waals surface area (Å²) in [5.74, 6) is -1.21. The Bertz CT molecular complexity index is 261. The minimum atomic E-state index is -1.16. The van der Waals surface area contributed by atoms with Crippen LogP contribution in [0.15, 0.2) is 0 Å². The first-order valence-electron chi connectivity index (χ1n) is 5.25. The summed E-state index contributed by atoms with van der Waals surface area (Å²) in [6.07, 6.45) is 1.05. The molecule has 1 unspecified atom stereocenters. The van der Waals surface area contributed by atoms with Crippen molar-refractivity contribution in [1.29, 1.82) is 0 Å². The molecule has 0 saturated heterocycles. The summed E-state index contributed by atoms with van der Waals surface area (Å²) >= 11 is 0. The number of carbonyl (C=O) groups is 2. The van der Waals surface area contributed by atoms with Crippen molar-refractivity contribution >= 4 is 11.9 Å². The van der Waals surface area contributed by atoms with Gasteiger partial charge in [0.15, 0.2) is 0 Å². The highest BCUT2D eigenvalue weighted by molar-refractivity contribution is 5.89. The molecule has 88 valence electrons. The Kier molecular flexibility index (Phi) is 4.31. The van der Waals surface area contributed by atoms with Gasteiger partial charge in [0, 0.05) is 5.41 Å². The van der Waals surface area contributed by atoms with Crippen LogP contribution in [0, 0.1) is 5.41 Å². The summed E-state index contributed by atoms with van der Waals surface area (Å²) in [4.78, 5) is 22.8. The van der Waals surface area contributed by atoms with Crippen molar-refractivity contribution in [2.24, 2.45) is 5.41 Å². The van der Waals surface area contributed by atoms with Crippen molar-refractivity contribution < 1.29 is 14.7 Å². The van der Waals surface area contributed by atoms with Crippen molar-refractivity contribution in [3.05, 3.63) is 0 Å². The summed E-state index contributed by atoms with van der Waals surface area (Å²) in [5.41, 5.74) is -1.69. The van der Waals surface area contributed by atoms with Crippen molar-refractivity contribution in [3.63, 3.8) is 0 Å². The number of amides is 1. The Morgan fingerprint density at radius 2 is 1.60 bits per heavy atom. The zero-order chi connectivity index (χ0) is 12.3. The van der Waals surface area contributed by atoms with Crippen molar-refractivity contribution in [2.45, 2.75) is 53.0 Å². The molecule has 0 aromatic rings. The lowest BCUT2D eigenvalue weighted by Gasteiger charge is -2.30. The summed E-state index contributed by atoms with van der Waals surface area (Å²) in [5, 5.41) is 11.6. The molecule has 4 nitrogen and oxygen atoms in total. The predicted octanol–water partition coefficient (Wildman–Crippen LogP) is 1.79. The molecular weight excluding hydrogens is 194 g/mol. The normalized spacial score (nSPS) is 15.5. The molecule has 2 N–H and O–H groups in total. The van der Waals surface area contributed by atoms with Gasteiger partial charge in [0.25, 0.3) is 0 Å². The van der Waals surface area contributed by atoms with Crippen LogP contribution in [0.3, 0.4) is 0 Å². The van der Waals surface area contributed by atoms with E-state index in [0.717, 1.165) is 0 Å². The molecule has 0 aromatic heterocycles. The van der Waals surface area contributed by atoms with E-state index in [1.807, 2.05) is 6.92 Å². The maximum atomic E-state index is 11.8. The highest BCUT2D eigenvalue weighted by Gasteiger charge is 2.36. The molecule has 0 spiro atoms. The third-order valence-electron chi connectivity index (χ3n) is 3.07. The summed E-state index contributed by atoms with van der Waals surface area (Å²) in [6.45, 7) is 8.79. The molecule has 1 amide bonds. The molecule has 0 rings (SSSR count). The number of rotatable bonds is 5. The van der Waals surface area contributed by atoms with Crippen LogP contribution in [0.25, 0.3) is 0 Å². The van der Waals surface area contributed by atoms with Gasteiger partial charge in [0.05, 0.1) is 0 Å². The zero-order valence-corrected chi connectivity index (χ0v) is 10.2. The van der Waals surface area contributed by atoms with Crippen LogP contribution in [0.5, 0.6) is 0 Å². The van der Waals surface area contributed by atoms with Crippen molar-refractivity contribution in [1.82, 2.24) is 5.32 Å². The van der Waals surface area contributed by atoms with Gasteiger partial charge < -0.3 is 10.4 Å². The van der Waals surface area contributed by atoms with E-state index in [9.17, 15) is 9.59 Å². The molecule has 0 radical (unpaired) electrons. The molecule has 4 heteroatoms. The fourth-order valence-electron chi connectivity index (χ4n) is 0.873. The number of carboxylic acids is 1. The lowest BCUT2D eigenvalue weighted by atomic mass is 9.87. The third-order valence-corrected chi connectivity index (χ3v) is 3.07. The van der Waals surface area contributed by atoms with E-state index in [0.29, 0.717) is 12.8 Å². The van der Waals surface area contributed by atoms with E-state index in [4.69, 9.17) is 5.11 Å². The van der Waals surface area contributed by atoms with Crippen LogP contribution in [-0.2, 0) is 9.59 Å². The number of carboxylic acid groups (broad SMARTS) is 1. The number of aliphatic carboxylic acids is 1. The Labute approximate surface area is 91.1 Å².